The average molecular weight is 329 g/mol. The third kappa shape index (κ3) is 3.30. The Balaban J connectivity index is 1.90. The summed E-state index contributed by atoms with van der Waals surface area (Å²) in [6, 6.07) is 10.3. The molecule has 7 nitrogen and oxygen atoms in total. The van der Waals surface area contributed by atoms with Gasteiger partial charge in [0.1, 0.15) is 5.69 Å². The lowest BCUT2D eigenvalue weighted by Crippen LogP contribution is -2.33. The molecule has 126 valence electrons. The fourth-order valence-electron chi connectivity index (χ4n) is 2.80. The van der Waals surface area contributed by atoms with Crippen molar-refractivity contribution in [3.8, 4) is 5.69 Å². The Morgan fingerprint density at radius 3 is 2.75 bits per heavy atom. The van der Waals surface area contributed by atoms with Crippen LogP contribution in [0.15, 0.2) is 36.4 Å². The molecule has 1 saturated heterocycles. The van der Waals surface area contributed by atoms with Gasteiger partial charge in [0.2, 0.25) is 0 Å². The zero-order valence-electron chi connectivity index (χ0n) is 13.4. The number of amides is 1. The second kappa shape index (κ2) is 6.84. The number of carboxylic acid groups (broad SMARTS) is 1. The molecular weight excluding hydrogens is 310 g/mol. The first-order chi connectivity index (χ1) is 11.6. The van der Waals surface area contributed by atoms with Gasteiger partial charge in [0.25, 0.3) is 5.91 Å². The first kappa shape index (κ1) is 16.2. The van der Waals surface area contributed by atoms with Crippen LogP contribution in [-0.2, 0) is 4.74 Å². The summed E-state index contributed by atoms with van der Waals surface area (Å²) >= 11 is 0. The van der Waals surface area contributed by atoms with Crippen LogP contribution in [0.2, 0.25) is 0 Å². The minimum atomic E-state index is -1.16. The average Bonchev–Trinajstić information content (AvgIpc) is 3.24. The number of hydrogen-bond donors (Lipinski definition) is 1. The number of ether oxygens (including phenoxy) is 1. The smallest absolute Gasteiger partial charge is 0.356 e. The summed E-state index contributed by atoms with van der Waals surface area (Å²) < 4.78 is 6.72. The number of carbonyl (C=O) groups excluding carboxylic acids is 1. The Bertz CT molecular complexity index is 736. The molecule has 1 unspecified atom stereocenters. The second-order valence-electron chi connectivity index (χ2n) is 5.88. The number of benzene rings is 1. The van der Waals surface area contributed by atoms with Crippen molar-refractivity contribution in [1.82, 2.24) is 14.7 Å². The van der Waals surface area contributed by atoms with Crippen molar-refractivity contribution >= 4 is 11.9 Å². The maximum atomic E-state index is 12.8. The van der Waals surface area contributed by atoms with Gasteiger partial charge in [0.15, 0.2) is 5.69 Å². The molecule has 0 bridgehead atoms. The number of hydrogen-bond acceptors (Lipinski definition) is 4. The molecule has 1 N–H and O–H groups in total. The third-order valence-electron chi connectivity index (χ3n) is 4.05. The highest BCUT2D eigenvalue weighted by Gasteiger charge is 2.25. The molecule has 1 aliphatic rings. The molecule has 1 aromatic carbocycles. The van der Waals surface area contributed by atoms with E-state index in [1.165, 1.54) is 10.7 Å². The largest absolute Gasteiger partial charge is 0.476 e. The summed E-state index contributed by atoms with van der Waals surface area (Å²) in [5.74, 6) is -1.11. The number of carboxylic acids is 1. The predicted molar refractivity (Wildman–Crippen MR) is 86.4 cm³/mol. The molecule has 0 saturated carbocycles. The van der Waals surface area contributed by atoms with Crippen molar-refractivity contribution < 1.29 is 19.4 Å². The summed E-state index contributed by atoms with van der Waals surface area (Å²) in [7, 11) is 1.71. The molecule has 1 aromatic heterocycles. The molecule has 1 atom stereocenters. The molecule has 1 amide bonds. The summed E-state index contributed by atoms with van der Waals surface area (Å²) in [5.41, 5.74) is 0.728. The van der Waals surface area contributed by atoms with Crippen LogP contribution < -0.4 is 0 Å². The van der Waals surface area contributed by atoms with Gasteiger partial charge < -0.3 is 14.7 Å². The summed E-state index contributed by atoms with van der Waals surface area (Å²) in [5, 5.41) is 13.3. The van der Waals surface area contributed by atoms with E-state index in [2.05, 4.69) is 5.10 Å². The lowest BCUT2D eigenvalue weighted by Gasteiger charge is -2.20. The number of rotatable bonds is 5. The molecule has 0 spiro atoms. The Morgan fingerprint density at radius 2 is 2.12 bits per heavy atom. The molecule has 7 heteroatoms. The fourth-order valence-corrected chi connectivity index (χ4v) is 2.80. The van der Waals surface area contributed by atoms with Crippen molar-refractivity contribution in [3.05, 3.63) is 47.8 Å². The normalized spacial score (nSPS) is 17.0. The minimum absolute atomic E-state index is 0.153. The van der Waals surface area contributed by atoms with Gasteiger partial charge in [-0.25, -0.2) is 9.48 Å². The number of para-hydroxylation sites is 1. The molecule has 0 radical (unpaired) electrons. The van der Waals surface area contributed by atoms with Gasteiger partial charge in [-0.2, -0.15) is 5.10 Å². The number of aromatic nitrogens is 2. The van der Waals surface area contributed by atoms with Crippen molar-refractivity contribution in [3.63, 3.8) is 0 Å². The zero-order chi connectivity index (χ0) is 17.1. The monoisotopic (exact) mass is 329 g/mol. The van der Waals surface area contributed by atoms with Crippen molar-refractivity contribution in [2.45, 2.75) is 6.42 Å². The molecule has 0 aliphatic carbocycles. The second-order valence-corrected chi connectivity index (χ2v) is 5.88. The van der Waals surface area contributed by atoms with E-state index < -0.39 is 5.97 Å². The van der Waals surface area contributed by atoms with Crippen LogP contribution >= 0.6 is 0 Å². The number of aromatic carboxylic acids is 1. The number of nitrogens with zero attached hydrogens (tertiary/aromatic N) is 3. The zero-order valence-corrected chi connectivity index (χ0v) is 13.4. The van der Waals surface area contributed by atoms with Crippen LogP contribution in [0.1, 0.15) is 27.4 Å². The predicted octanol–water partition coefficient (Wildman–Crippen LogP) is 1.68. The molecule has 1 fully saturated rings. The molecule has 24 heavy (non-hydrogen) atoms. The highest BCUT2D eigenvalue weighted by atomic mass is 16.5. The van der Waals surface area contributed by atoms with Gasteiger partial charge in [-0.3, -0.25) is 4.79 Å². The lowest BCUT2D eigenvalue weighted by atomic mass is 10.1. The first-order valence-corrected chi connectivity index (χ1v) is 7.78. The Hall–Kier alpha value is -2.67. The minimum Gasteiger partial charge on any atom is -0.476 e. The number of carbonyl (C=O) groups is 2. The van der Waals surface area contributed by atoms with E-state index in [1.807, 2.05) is 18.2 Å². The van der Waals surface area contributed by atoms with E-state index in [-0.39, 0.29) is 17.3 Å². The summed E-state index contributed by atoms with van der Waals surface area (Å²) in [6.07, 6.45) is 0.927. The van der Waals surface area contributed by atoms with Crippen molar-refractivity contribution in [2.24, 2.45) is 5.92 Å². The SMILES string of the molecule is CN(CC1CCOC1)C(=O)c1cc(C(=O)O)nn1-c1ccccc1. The van der Waals surface area contributed by atoms with E-state index in [1.54, 1.807) is 24.1 Å². The van der Waals surface area contributed by atoms with E-state index in [0.717, 1.165) is 13.0 Å². The summed E-state index contributed by atoms with van der Waals surface area (Å²) in [6.45, 7) is 1.94. The Morgan fingerprint density at radius 1 is 1.38 bits per heavy atom. The maximum Gasteiger partial charge on any atom is 0.356 e. The van der Waals surface area contributed by atoms with E-state index in [9.17, 15) is 14.7 Å². The molecule has 2 heterocycles. The maximum absolute atomic E-state index is 12.8. The topological polar surface area (TPSA) is 84.7 Å². The van der Waals surface area contributed by atoms with Crippen LogP contribution in [0.25, 0.3) is 5.69 Å². The Kier molecular flexibility index (Phi) is 4.61. The van der Waals surface area contributed by atoms with E-state index in [4.69, 9.17) is 4.74 Å². The highest BCUT2D eigenvalue weighted by Crippen LogP contribution is 2.17. The van der Waals surface area contributed by atoms with Crippen molar-refractivity contribution in [2.75, 3.05) is 26.8 Å². The summed E-state index contributed by atoms with van der Waals surface area (Å²) in [4.78, 5) is 25.6. The first-order valence-electron chi connectivity index (χ1n) is 7.78. The van der Waals surface area contributed by atoms with Gasteiger partial charge in [0, 0.05) is 32.2 Å². The molecule has 2 aromatic rings. The molecular formula is C17H19N3O4. The Labute approximate surface area is 139 Å². The standard InChI is InChI=1S/C17H19N3O4/c1-19(10-12-7-8-24-11-12)16(21)15-9-14(17(22)23)18-20(15)13-5-3-2-4-6-13/h2-6,9,12H,7-8,10-11H2,1H3,(H,22,23). The van der Waals surface area contributed by atoms with Crippen LogP contribution in [0.5, 0.6) is 0 Å². The van der Waals surface area contributed by atoms with Crippen LogP contribution in [0.4, 0.5) is 0 Å². The lowest BCUT2D eigenvalue weighted by molar-refractivity contribution is 0.0689. The van der Waals surface area contributed by atoms with Crippen molar-refractivity contribution in [1.29, 1.82) is 0 Å². The van der Waals surface area contributed by atoms with E-state index in [0.29, 0.717) is 24.8 Å². The van der Waals surface area contributed by atoms with Gasteiger partial charge in [0.05, 0.1) is 12.3 Å². The highest BCUT2D eigenvalue weighted by molar-refractivity contribution is 5.96. The fraction of sp³-hybridized carbons (Fsp3) is 0.353. The van der Waals surface area contributed by atoms with Gasteiger partial charge in [-0.15, -0.1) is 0 Å². The molecule has 1 aliphatic heterocycles. The van der Waals surface area contributed by atoms with Crippen LogP contribution in [0.3, 0.4) is 0 Å². The quantitative estimate of drug-likeness (QED) is 0.902. The van der Waals surface area contributed by atoms with Crippen LogP contribution in [-0.4, -0.2) is 58.5 Å². The molecule has 3 rings (SSSR count). The van der Waals surface area contributed by atoms with Gasteiger partial charge >= 0.3 is 5.97 Å². The van der Waals surface area contributed by atoms with E-state index >= 15 is 0 Å². The van der Waals surface area contributed by atoms with Crippen LogP contribution in [0, 0.1) is 5.92 Å². The third-order valence-corrected chi connectivity index (χ3v) is 4.05. The van der Waals surface area contributed by atoms with Gasteiger partial charge in [-0.1, -0.05) is 18.2 Å². The van der Waals surface area contributed by atoms with Gasteiger partial charge in [-0.05, 0) is 18.6 Å².